The second-order valence-electron chi connectivity index (χ2n) is 5.31. The predicted octanol–water partition coefficient (Wildman–Crippen LogP) is -0.271. The van der Waals surface area contributed by atoms with Crippen LogP contribution in [0.15, 0.2) is 12.4 Å². The fourth-order valence-corrected chi connectivity index (χ4v) is 2.76. The molecule has 1 unspecified atom stereocenters. The molecule has 1 aromatic rings. The van der Waals surface area contributed by atoms with Crippen molar-refractivity contribution in [3.63, 3.8) is 0 Å². The molecular formula is C13H19N5O2. The van der Waals surface area contributed by atoms with Gasteiger partial charge in [0.1, 0.15) is 12.4 Å². The van der Waals surface area contributed by atoms with Gasteiger partial charge in [-0.1, -0.05) is 0 Å². The normalized spacial score (nSPS) is 22.1. The standard InChI is InChI=1S/C13H19N5O2/c19-12(9-18-6-1-4-15-13(18)20)16-10-2-3-11-14-5-7-17(11)8-10/h5,7,10H,1-4,6,8-9H2,(H,15,20)(H,16,19). The van der Waals surface area contributed by atoms with Crippen LogP contribution in [-0.2, 0) is 17.8 Å². The lowest BCUT2D eigenvalue weighted by molar-refractivity contribution is -0.122. The molecule has 1 atom stereocenters. The van der Waals surface area contributed by atoms with E-state index >= 15 is 0 Å². The highest BCUT2D eigenvalue weighted by molar-refractivity contribution is 5.84. The molecule has 1 aromatic heterocycles. The fraction of sp³-hybridized carbons (Fsp3) is 0.615. The van der Waals surface area contributed by atoms with Crippen LogP contribution in [0.4, 0.5) is 4.79 Å². The molecule has 0 saturated carbocycles. The lowest BCUT2D eigenvalue weighted by atomic mass is 10.1. The van der Waals surface area contributed by atoms with Crippen molar-refractivity contribution in [3.8, 4) is 0 Å². The minimum atomic E-state index is -0.146. The van der Waals surface area contributed by atoms with Gasteiger partial charge in [-0.2, -0.15) is 0 Å². The molecule has 7 nitrogen and oxygen atoms in total. The van der Waals surface area contributed by atoms with Gasteiger partial charge in [-0.25, -0.2) is 9.78 Å². The van der Waals surface area contributed by atoms with Crippen molar-refractivity contribution in [2.24, 2.45) is 0 Å². The molecule has 20 heavy (non-hydrogen) atoms. The molecule has 1 saturated heterocycles. The highest BCUT2D eigenvalue weighted by Gasteiger charge is 2.23. The van der Waals surface area contributed by atoms with E-state index in [0.717, 1.165) is 31.6 Å². The van der Waals surface area contributed by atoms with Gasteiger partial charge in [0.15, 0.2) is 0 Å². The number of imidazole rings is 1. The molecule has 7 heteroatoms. The summed E-state index contributed by atoms with van der Waals surface area (Å²) in [7, 11) is 0. The number of aryl methyl sites for hydroxylation is 1. The molecule has 108 valence electrons. The van der Waals surface area contributed by atoms with Crippen molar-refractivity contribution >= 4 is 11.9 Å². The molecule has 0 spiro atoms. The molecular weight excluding hydrogens is 258 g/mol. The van der Waals surface area contributed by atoms with Crippen LogP contribution < -0.4 is 10.6 Å². The smallest absolute Gasteiger partial charge is 0.317 e. The maximum atomic E-state index is 12.0. The Hall–Kier alpha value is -2.05. The number of aromatic nitrogens is 2. The zero-order chi connectivity index (χ0) is 13.9. The van der Waals surface area contributed by atoms with Crippen LogP contribution in [0.1, 0.15) is 18.7 Å². The number of hydrogen-bond donors (Lipinski definition) is 2. The summed E-state index contributed by atoms with van der Waals surface area (Å²) in [5, 5.41) is 5.75. The molecule has 0 aliphatic carbocycles. The van der Waals surface area contributed by atoms with Gasteiger partial charge >= 0.3 is 6.03 Å². The predicted molar refractivity (Wildman–Crippen MR) is 72.1 cm³/mol. The molecule has 2 aliphatic rings. The monoisotopic (exact) mass is 277 g/mol. The molecule has 3 rings (SSSR count). The summed E-state index contributed by atoms with van der Waals surface area (Å²) in [4.78, 5) is 29.4. The molecule has 0 radical (unpaired) electrons. The van der Waals surface area contributed by atoms with Crippen LogP contribution in [0.3, 0.4) is 0 Å². The van der Waals surface area contributed by atoms with E-state index in [-0.39, 0.29) is 24.5 Å². The first-order valence-corrected chi connectivity index (χ1v) is 7.04. The van der Waals surface area contributed by atoms with Crippen molar-refractivity contribution < 1.29 is 9.59 Å². The Labute approximate surface area is 117 Å². The first kappa shape index (κ1) is 13.0. The van der Waals surface area contributed by atoms with Crippen LogP contribution >= 0.6 is 0 Å². The minimum Gasteiger partial charge on any atom is -0.350 e. The highest BCUT2D eigenvalue weighted by atomic mass is 16.2. The maximum Gasteiger partial charge on any atom is 0.317 e. The average Bonchev–Trinajstić information content (AvgIpc) is 2.89. The molecule has 3 amide bonds. The average molecular weight is 277 g/mol. The Morgan fingerprint density at radius 2 is 2.45 bits per heavy atom. The van der Waals surface area contributed by atoms with E-state index in [9.17, 15) is 9.59 Å². The number of nitrogens with zero attached hydrogens (tertiary/aromatic N) is 3. The van der Waals surface area contributed by atoms with Crippen molar-refractivity contribution in [2.45, 2.75) is 31.8 Å². The zero-order valence-electron chi connectivity index (χ0n) is 11.3. The second-order valence-corrected chi connectivity index (χ2v) is 5.31. The quantitative estimate of drug-likeness (QED) is 0.798. The summed E-state index contributed by atoms with van der Waals surface area (Å²) in [6.45, 7) is 2.24. The molecule has 3 heterocycles. The van der Waals surface area contributed by atoms with Crippen molar-refractivity contribution in [2.75, 3.05) is 19.6 Å². The number of carbonyl (C=O) groups is 2. The molecule has 1 fully saturated rings. The number of fused-ring (bicyclic) bond motifs is 1. The summed E-state index contributed by atoms with van der Waals surface area (Å²) >= 11 is 0. The largest absolute Gasteiger partial charge is 0.350 e. The Morgan fingerprint density at radius 1 is 1.55 bits per heavy atom. The van der Waals surface area contributed by atoms with Crippen LogP contribution in [0.2, 0.25) is 0 Å². The summed E-state index contributed by atoms with van der Waals surface area (Å²) in [6, 6.07) is -0.0241. The lowest BCUT2D eigenvalue weighted by Crippen LogP contribution is -2.52. The first-order valence-electron chi connectivity index (χ1n) is 7.04. The van der Waals surface area contributed by atoms with Crippen LogP contribution in [0, 0.1) is 0 Å². The third kappa shape index (κ3) is 2.76. The summed E-state index contributed by atoms with van der Waals surface area (Å²) in [5.41, 5.74) is 0. The topological polar surface area (TPSA) is 79.3 Å². The van der Waals surface area contributed by atoms with Crippen LogP contribution in [-0.4, -0.2) is 52.1 Å². The van der Waals surface area contributed by atoms with Gasteiger partial charge < -0.3 is 20.1 Å². The summed E-state index contributed by atoms with van der Waals surface area (Å²) < 4.78 is 2.07. The Balaban J connectivity index is 1.51. The fourth-order valence-electron chi connectivity index (χ4n) is 2.76. The second kappa shape index (κ2) is 5.52. The number of carbonyl (C=O) groups excluding carboxylic acids is 2. The van der Waals surface area contributed by atoms with Gasteiger partial charge in [0.25, 0.3) is 0 Å². The van der Waals surface area contributed by atoms with Crippen molar-refractivity contribution in [1.82, 2.24) is 25.1 Å². The number of nitrogens with one attached hydrogen (secondary N) is 2. The van der Waals surface area contributed by atoms with Gasteiger partial charge in [0.2, 0.25) is 5.91 Å². The lowest BCUT2D eigenvalue weighted by Gasteiger charge is -2.29. The van der Waals surface area contributed by atoms with Gasteiger partial charge in [0, 0.05) is 44.5 Å². The molecule has 2 aliphatic heterocycles. The minimum absolute atomic E-state index is 0.0874. The third-order valence-corrected chi connectivity index (χ3v) is 3.80. The molecule has 0 aromatic carbocycles. The number of hydrogen-bond acceptors (Lipinski definition) is 3. The first-order chi connectivity index (χ1) is 9.72. The van der Waals surface area contributed by atoms with E-state index in [4.69, 9.17) is 0 Å². The van der Waals surface area contributed by atoms with Gasteiger partial charge in [0.05, 0.1) is 0 Å². The van der Waals surface area contributed by atoms with Gasteiger partial charge in [-0.15, -0.1) is 0 Å². The molecule has 0 bridgehead atoms. The Morgan fingerprint density at radius 3 is 3.30 bits per heavy atom. The van der Waals surface area contributed by atoms with E-state index in [1.165, 1.54) is 0 Å². The van der Waals surface area contributed by atoms with E-state index in [2.05, 4.69) is 20.2 Å². The highest BCUT2D eigenvalue weighted by Crippen LogP contribution is 2.13. The number of rotatable bonds is 3. The van der Waals surface area contributed by atoms with Crippen molar-refractivity contribution in [3.05, 3.63) is 18.2 Å². The Kier molecular flexibility index (Phi) is 3.58. The summed E-state index contributed by atoms with van der Waals surface area (Å²) in [6.07, 6.45) is 6.39. The van der Waals surface area contributed by atoms with E-state index in [0.29, 0.717) is 13.1 Å². The van der Waals surface area contributed by atoms with Gasteiger partial charge in [-0.05, 0) is 12.8 Å². The SMILES string of the molecule is O=C(CN1CCCNC1=O)NC1CCc2nccn2C1. The zero-order valence-corrected chi connectivity index (χ0v) is 11.3. The van der Waals surface area contributed by atoms with E-state index in [1.807, 2.05) is 6.20 Å². The van der Waals surface area contributed by atoms with Crippen LogP contribution in [0.5, 0.6) is 0 Å². The Bertz CT molecular complexity index is 513. The van der Waals surface area contributed by atoms with Gasteiger partial charge in [-0.3, -0.25) is 4.79 Å². The van der Waals surface area contributed by atoms with Crippen molar-refractivity contribution in [1.29, 1.82) is 0 Å². The van der Waals surface area contributed by atoms with Crippen LogP contribution in [0.25, 0.3) is 0 Å². The molecule has 2 N–H and O–H groups in total. The summed E-state index contributed by atoms with van der Waals surface area (Å²) in [5.74, 6) is 0.988. The number of urea groups is 1. The number of amides is 3. The maximum absolute atomic E-state index is 12.0. The van der Waals surface area contributed by atoms with E-state index in [1.54, 1.807) is 11.1 Å². The third-order valence-electron chi connectivity index (χ3n) is 3.80. The van der Waals surface area contributed by atoms with E-state index < -0.39 is 0 Å².